The van der Waals surface area contributed by atoms with Gasteiger partial charge in [-0.2, -0.15) is 0 Å². The van der Waals surface area contributed by atoms with Crippen molar-refractivity contribution < 1.29 is 14.3 Å². The van der Waals surface area contributed by atoms with Gasteiger partial charge in [-0.05, 0) is 44.4 Å². The minimum atomic E-state index is -0.0766. The van der Waals surface area contributed by atoms with Gasteiger partial charge in [-0.1, -0.05) is 17.7 Å². The third-order valence-corrected chi connectivity index (χ3v) is 6.70. The summed E-state index contributed by atoms with van der Waals surface area (Å²) in [5.41, 5.74) is 2.11. The Labute approximate surface area is 186 Å². The lowest BCUT2D eigenvalue weighted by Gasteiger charge is -2.19. The molecular weight excluding hydrogens is 412 g/mol. The van der Waals surface area contributed by atoms with Crippen LogP contribution in [-0.2, 0) is 4.74 Å². The number of nitrogens with one attached hydrogen (secondary N) is 1. The molecule has 1 saturated heterocycles. The molecule has 1 aliphatic heterocycles. The molecule has 2 aromatic heterocycles. The molecule has 1 amide bonds. The standard InChI is InChI=1S/C23H28N4O3S/c1-15-6-8-17(9-7-15)30-12-10-27(3)21-19-16(2)20(31-23(19)26-14-25-21)22(28)24-13-18-5-4-11-29-18/h6-9,14,18H,4-5,10-13H2,1-3H3,(H,24,28)/t18-/m0/s1. The number of aromatic nitrogens is 2. The van der Waals surface area contributed by atoms with Crippen molar-refractivity contribution in [3.8, 4) is 5.75 Å². The molecule has 8 heteroatoms. The van der Waals surface area contributed by atoms with Crippen molar-refractivity contribution in [2.24, 2.45) is 0 Å². The number of fused-ring (bicyclic) bond motifs is 1. The minimum absolute atomic E-state index is 0.0766. The number of nitrogens with zero attached hydrogens (tertiary/aromatic N) is 3. The first-order valence-corrected chi connectivity index (χ1v) is 11.4. The molecule has 4 rings (SSSR count). The molecular formula is C23H28N4O3S. The molecule has 164 valence electrons. The van der Waals surface area contributed by atoms with E-state index in [-0.39, 0.29) is 12.0 Å². The summed E-state index contributed by atoms with van der Waals surface area (Å²) < 4.78 is 11.5. The first-order chi connectivity index (χ1) is 15.0. The largest absolute Gasteiger partial charge is 0.492 e. The van der Waals surface area contributed by atoms with E-state index in [9.17, 15) is 4.79 Å². The van der Waals surface area contributed by atoms with Crippen LogP contribution in [0.2, 0.25) is 0 Å². The zero-order valence-corrected chi connectivity index (χ0v) is 19.0. The summed E-state index contributed by atoms with van der Waals surface area (Å²) in [4.78, 5) is 25.2. The van der Waals surface area contributed by atoms with Crippen LogP contribution in [0.3, 0.4) is 0 Å². The molecule has 0 radical (unpaired) electrons. The Morgan fingerprint density at radius 3 is 2.84 bits per heavy atom. The predicted octanol–water partition coefficient (Wildman–Crippen LogP) is 3.73. The number of anilines is 1. The van der Waals surface area contributed by atoms with E-state index < -0.39 is 0 Å². The number of hydrogen-bond donors (Lipinski definition) is 1. The third kappa shape index (κ3) is 4.97. The van der Waals surface area contributed by atoms with E-state index in [0.29, 0.717) is 24.6 Å². The molecule has 1 aliphatic rings. The van der Waals surface area contributed by atoms with Crippen LogP contribution in [0, 0.1) is 13.8 Å². The number of carbonyl (C=O) groups excluding carboxylic acids is 1. The molecule has 31 heavy (non-hydrogen) atoms. The number of aryl methyl sites for hydroxylation is 2. The average Bonchev–Trinajstić information content (AvgIpc) is 3.41. The van der Waals surface area contributed by atoms with Crippen LogP contribution in [0.25, 0.3) is 10.2 Å². The summed E-state index contributed by atoms with van der Waals surface area (Å²) in [6.07, 6.45) is 3.73. The first-order valence-electron chi connectivity index (χ1n) is 10.6. The monoisotopic (exact) mass is 440 g/mol. The molecule has 0 saturated carbocycles. The summed E-state index contributed by atoms with van der Waals surface area (Å²) in [6, 6.07) is 8.02. The molecule has 1 aromatic carbocycles. The maximum atomic E-state index is 12.8. The topological polar surface area (TPSA) is 76.6 Å². The van der Waals surface area contributed by atoms with Gasteiger partial charge in [0.25, 0.3) is 5.91 Å². The minimum Gasteiger partial charge on any atom is -0.492 e. The highest BCUT2D eigenvalue weighted by atomic mass is 32.1. The van der Waals surface area contributed by atoms with Gasteiger partial charge in [-0.3, -0.25) is 4.79 Å². The molecule has 0 aliphatic carbocycles. The lowest BCUT2D eigenvalue weighted by atomic mass is 10.2. The van der Waals surface area contributed by atoms with Crippen LogP contribution in [0.4, 0.5) is 5.82 Å². The van der Waals surface area contributed by atoms with Crippen molar-refractivity contribution in [3.05, 3.63) is 46.6 Å². The molecule has 0 bridgehead atoms. The van der Waals surface area contributed by atoms with Crippen LogP contribution in [-0.4, -0.2) is 55.3 Å². The van der Waals surface area contributed by atoms with Crippen LogP contribution < -0.4 is 15.0 Å². The maximum Gasteiger partial charge on any atom is 0.261 e. The van der Waals surface area contributed by atoms with Gasteiger partial charge in [0.05, 0.1) is 22.9 Å². The lowest BCUT2D eigenvalue weighted by molar-refractivity contribution is 0.0860. The fraction of sp³-hybridized carbons (Fsp3) is 0.435. The smallest absolute Gasteiger partial charge is 0.261 e. The zero-order valence-electron chi connectivity index (χ0n) is 18.2. The number of ether oxygens (including phenoxy) is 2. The molecule has 1 fully saturated rings. The van der Waals surface area contributed by atoms with Gasteiger partial charge in [0.15, 0.2) is 0 Å². The van der Waals surface area contributed by atoms with Crippen LogP contribution in [0.15, 0.2) is 30.6 Å². The van der Waals surface area contributed by atoms with E-state index in [4.69, 9.17) is 9.47 Å². The molecule has 1 atom stereocenters. The summed E-state index contributed by atoms with van der Waals surface area (Å²) >= 11 is 1.41. The van der Waals surface area contributed by atoms with Crippen molar-refractivity contribution >= 4 is 33.3 Å². The van der Waals surface area contributed by atoms with Crippen LogP contribution in [0.5, 0.6) is 5.75 Å². The summed E-state index contributed by atoms with van der Waals surface area (Å²) in [7, 11) is 1.98. The highest BCUT2D eigenvalue weighted by molar-refractivity contribution is 7.20. The molecule has 0 spiro atoms. The van der Waals surface area contributed by atoms with Crippen LogP contribution >= 0.6 is 11.3 Å². The average molecular weight is 441 g/mol. The predicted molar refractivity (Wildman–Crippen MR) is 123 cm³/mol. The van der Waals surface area contributed by atoms with E-state index in [1.165, 1.54) is 16.9 Å². The number of carbonyl (C=O) groups is 1. The molecule has 7 nitrogen and oxygen atoms in total. The fourth-order valence-corrected chi connectivity index (χ4v) is 4.75. The van der Waals surface area contributed by atoms with Crippen molar-refractivity contribution in [2.75, 3.05) is 38.3 Å². The number of benzene rings is 1. The Morgan fingerprint density at radius 1 is 1.29 bits per heavy atom. The number of amides is 1. The second-order valence-electron chi connectivity index (χ2n) is 7.86. The molecule has 1 N–H and O–H groups in total. The highest BCUT2D eigenvalue weighted by Crippen LogP contribution is 2.34. The number of likely N-dealkylation sites (N-methyl/N-ethyl adjacent to an activating group) is 1. The fourth-order valence-electron chi connectivity index (χ4n) is 3.69. The van der Waals surface area contributed by atoms with E-state index in [1.807, 2.05) is 43.1 Å². The van der Waals surface area contributed by atoms with Crippen molar-refractivity contribution in [1.82, 2.24) is 15.3 Å². The van der Waals surface area contributed by atoms with Crippen molar-refractivity contribution in [2.45, 2.75) is 32.8 Å². The van der Waals surface area contributed by atoms with Crippen molar-refractivity contribution in [1.29, 1.82) is 0 Å². The van der Waals surface area contributed by atoms with E-state index in [2.05, 4.69) is 22.2 Å². The number of rotatable bonds is 8. The Morgan fingerprint density at radius 2 is 2.10 bits per heavy atom. The second kappa shape index (κ2) is 9.62. The van der Waals surface area contributed by atoms with Gasteiger partial charge >= 0.3 is 0 Å². The Kier molecular flexibility index (Phi) is 6.67. The lowest BCUT2D eigenvalue weighted by Crippen LogP contribution is -2.31. The van der Waals surface area contributed by atoms with Gasteiger partial charge < -0.3 is 19.7 Å². The zero-order chi connectivity index (χ0) is 21.8. The van der Waals surface area contributed by atoms with Gasteiger partial charge in [-0.15, -0.1) is 11.3 Å². The van der Waals surface area contributed by atoms with E-state index >= 15 is 0 Å². The van der Waals surface area contributed by atoms with Crippen LogP contribution in [0.1, 0.15) is 33.6 Å². The third-order valence-electron chi connectivity index (χ3n) is 5.51. The molecule has 3 aromatic rings. The van der Waals surface area contributed by atoms with E-state index in [0.717, 1.165) is 46.8 Å². The van der Waals surface area contributed by atoms with Gasteiger partial charge in [-0.25, -0.2) is 9.97 Å². The SMILES string of the molecule is Cc1ccc(OCCN(C)c2ncnc3sc(C(=O)NC[C@@H]4CCCO4)c(C)c23)cc1. The summed E-state index contributed by atoms with van der Waals surface area (Å²) in [5, 5.41) is 3.94. The molecule has 3 heterocycles. The number of thiophene rings is 1. The second-order valence-corrected chi connectivity index (χ2v) is 8.86. The quantitative estimate of drug-likeness (QED) is 0.575. The van der Waals surface area contributed by atoms with Crippen molar-refractivity contribution in [3.63, 3.8) is 0 Å². The van der Waals surface area contributed by atoms with Gasteiger partial charge in [0.2, 0.25) is 0 Å². The Balaban J connectivity index is 1.44. The Bertz CT molecular complexity index is 1040. The highest BCUT2D eigenvalue weighted by Gasteiger charge is 2.22. The van der Waals surface area contributed by atoms with Gasteiger partial charge in [0, 0.05) is 20.2 Å². The maximum absolute atomic E-state index is 12.8. The normalized spacial score (nSPS) is 15.9. The first kappa shape index (κ1) is 21.5. The molecule has 0 unspecified atom stereocenters. The number of hydrogen-bond acceptors (Lipinski definition) is 7. The van der Waals surface area contributed by atoms with Gasteiger partial charge in [0.1, 0.15) is 29.3 Å². The Hall–Kier alpha value is -2.71. The van der Waals surface area contributed by atoms with E-state index in [1.54, 1.807) is 6.33 Å². The summed E-state index contributed by atoms with van der Waals surface area (Å²) in [5.74, 6) is 1.58. The summed E-state index contributed by atoms with van der Waals surface area (Å²) in [6.45, 7) is 6.53.